The summed E-state index contributed by atoms with van der Waals surface area (Å²) < 4.78 is 2.07. The third-order valence-corrected chi connectivity index (χ3v) is 4.70. The average Bonchev–Trinajstić information content (AvgIpc) is 3.33. The fourth-order valence-corrected chi connectivity index (χ4v) is 3.52. The molecule has 24 heavy (non-hydrogen) atoms. The van der Waals surface area contributed by atoms with Gasteiger partial charge in [-0.15, -0.1) is 0 Å². The van der Waals surface area contributed by atoms with E-state index < -0.39 is 0 Å². The van der Waals surface area contributed by atoms with Gasteiger partial charge in [0.25, 0.3) is 0 Å². The van der Waals surface area contributed by atoms with E-state index in [9.17, 15) is 4.79 Å². The maximum absolute atomic E-state index is 12.5. The Hall–Kier alpha value is -2.86. The lowest BCUT2D eigenvalue weighted by molar-refractivity contribution is -0.116. The summed E-state index contributed by atoms with van der Waals surface area (Å²) in [6.45, 7) is 0. The molecule has 0 bridgehead atoms. The van der Waals surface area contributed by atoms with Crippen LogP contribution in [0.5, 0.6) is 0 Å². The summed E-state index contributed by atoms with van der Waals surface area (Å²) in [5.74, 6) is -0.0150. The lowest BCUT2D eigenvalue weighted by Gasteiger charge is -2.18. The summed E-state index contributed by atoms with van der Waals surface area (Å²) in [6, 6.07) is 11.7. The molecule has 4 aromatic rings. The second-order valence-corrected chi connectivity index (χ2v) is 6.37. The number of amides is 1. The third kappa shape index (κ3) is 2.96. The van der Waals surface area contributed by atoms with E-state index in [1.807, 2.05) is 48.1 Å². The van der Waals surface area contributed by atoms with Crippen LogP contribution in [0.2, 0.25) is 0 Å². The van der Waals surface area contributed by atoms with Crippen molar-refractivity contribution in [2.24, 2.45) is 0 Å². The summed E-state index contributed by atoms with van der Waals surface area (Å²) >= 11 is 1.64. The molecule has 1 amide bonds. The Kier molecular flexibility index (Phi) is 3.88. The van der Waals surface area contributed by atoms with Crippen LogP contribution >= 0.6 is 11.3 Å². The molecule has 5 nitrogen and oxygen atoms in total. The molecule has 0 unspecified atom stereocenters. The summed E-state index contributed by atoms with van der Waals surface area (Å²) in [4.78, 5) is 19.8. The van der Waals surface area contributed by atoms with Gasteiger partial charge >= 0.3 is 0 Å². The number of carbonyl (C=O) groups excluding carboxylic acids is 1. The van der Waals surface area contributed by atoms with Gasteiger partial charge in [-0.2, -0.15) is 11.3 Å². The van der Waals surface area contributed by atoms with Gasteiger partial charge in [-0.25, -0.2) is 4.98 Å². The SMILES string of the molecule is O=C(C[C@H](c1ccsc1)n1cccc1)Nc1ccc2nc[nH]c2c1. The van der Waals surface area contributed by atoms with Crippen LogP contribution in [0.4, 0.5) is 5.69 Å². The van der Waals surface area contributed by atoms with Crippen molar-refractivity contribution < 1.29 is 4.79 Å². The minimum absolute atomic E-state index is 0.00198. The molecule has 0 aliphatic heterocycles. The van der Waals surface area contributed by atoms with Gasteiger partial charge in [0, 0.05) is 18.1 Å². The van der Waals surface area contributed by atoms with Crippen molar-refractivity contribution >= 4 is 34.0 Å². The average molecular weight is 336 g/mol. The van der Waals surface area contributed by atoms with Crippen LogP contribution < -0.4 is 5.32 Å². The molecule has 0 aliphatic rings. The molecule has 0 spiro atoms. The molecular weight excluding hydrogens is 320 g/mol. The van der Waals surface area contributed by atoms with Crippen LogP contribution in [0.1, 0.15) is 18.0 Å². The van der Waals surface area contributed by atoms with E-state index in [-0.39, 0.29) is 11.9 Å². The van der Waals surface area contributed by atoms with E-state index in [0.29, 0.717) is 6.42 Å². The Morgan fingerprint density at radius 1 is 1.29 bits per heavy atom. The van der Waals surface area contributed by atoms with Crippen LogP contribution in [0, 0.1) is 0 Å². The van der Waals surface area contributed by atoms with Crippen molar-refractivity contribution in [1.29, 1.82) is 0 Å². The topological polar surface area (TPSA) is 62.7 Å². The largest absolute Gasteiger partial charge is 0.346 e. The molecule has 0 radical (unpaired) electrons. The number of rotatable bonds is 5. The standard InChI is InChI=1S/C18H16N4OS/c23-18(21-14-3-4-15-16(9-14)20-12-19-15)10-17(13-5-8-24-11-13)22-6-1-2-7-22/h1-9,11-12,17H,10H2,(H,19,20)(H,21,23)/t17-/m1/s1. The fraction of sp³-hybridized carbons (Fsp3) is 0.111. The van der Waals surface area contributed by atoms with Crippen molar-refractivity contribution in [1.82, 2.24) is 14.5 Å². The van der Waals surface area contributed by atoms with Crippen LogP contribution in [0.25, 0.3) is 11.0 Å². The molecule has 4 rings (SSSR count). The molecule has 0 saturated heterocycles. The van der Waals surface area contributed by atoms with Crippen LogP contribution in [-0.2, 0) is 4.79 Å². The van der Waals surface area contributed by atoms with E-state index in [1.54, 1.807) is 17.7 Å². The van der Waals surface area contributed by atoms with Crippen molar-refractivity contribution in [2.75, 3.05) is 5.32 Å². The summed E-state index contributed by atoms with van der Waals surface area (Å²) in [5, 5.41) is 7.11. The Morgan fingerprint density at radius 2 is 2.17 bits per heavy atom. The predicted molar refractivity (Wildman–Crippen MR) is 96.2 cm³/mol. The first-order valence-electron chi connectivity index (χ1n) is 7.67. The smallest absolute Gasteiger partial charge is 0.226 e. The number of carbonyl (C=O) groups is 1. The quantitative estimate of drug-likeness (QED) is 0.578. The first-order valence-corrected chi connectivity index (χ1v) is 8.61. The molecule has 3 heterocycles. The number of hydrogen-bond donors (Lipinski definition) is 2. The zero-order chi connectivity index (χ0) is 16.4. The van der Waals surface area contributed by atoms with Gasteiger partial charge in [0.05, 0.1) is 29.8 Å². The van der Waals surface area contributed by atoms with Crippen molar-refractivity contribution in [3.8, 4) is 0 Å². The number of aromatic amines is 1. The van der Waals surface area contributed by atoms with E-state index in [4.69, 9.17) is 0 Å². The first-order chi connectivity index (χ1) is 11.8. The van der Waals surface area contributed by atoms with Crippen molar-refractivity contribution in [3.05, 3.63) is 71.4 Å². The molecule has 0 fully saturated rings. The van der Waals surface area contributed by atoms with Crippen LogP contribution in [0.3, 0.4) is 0 Å². The number of benzene rings is 1. The number of hydrogen-bond acceptors (Lipinski definition) is 3. The van der Waals surface area contributed by atoms with Gasteiger partial charge in [-0.05, 0) is 52.7 Å². The van der Waals surface area contributed by atoms with E-state index in [2.05, 4.69) is 31.3 Å². The summed E-state index contributed by atoms with van der Waals surface area (Å²) in [5.41, 5.74) is 3.72. The lowest BCUT2D eigenvalue weighted by Crippen LogP contribution is -2.19. The number of imidazole rings is 1. The Balaban J connectivity index is 1.52. The summed E-state index contributed by atoms with van der Waals surface area (Å²) in [7, 11) is 0. The highest BCUT2D eigenvalue weighted by Gasteiger charge is 2.18. The molecule has 1 aromatic carbocycles. The molecule has 0 saturated carbocycles. The minimum Gasteiger partial charge on any atom is -0.346 e. The molecule has 3 aromatic heterocycles. The van der Waals surface area contributed by atoms with E-state index in [0.717, 1.165) is 22.3 Å². The minimum atomic E-state index is -0.0150. The van der Waals surface area contributed by atoms with Crippen LogP contribution in [-0.4, -0.2) is 20.4 Å². The Labute approximate surface area is 143 Å². The number of aromatic nitrogens is 3. The van der Waals surface area contributed by atoms with Crippen molar-refractivity contribution in [2.45, 2.75) is 12.5 Å². The number of thiophene rings is 1. The normalized spacial score (nSPS) is 12.3. The highest BCUT2D eigenvalue weighted by Crippen LogP contribution is 2.25. The highest BCUT2D eigenvalue weighted by molar-refractivity contribution is 7.08. The molecule has 1 atom stereocenters. The molecule has 120 valence electrons. The second kappa shape index (κ2) is 6.33. The van der Waals surface area contributed by atoms with Gasteiger partial charge in [-0.1, -0.05) is 0 Å². The highest BCUT2D eigenvalue weighted by atomic mass is 32.1. The monoisotopic (exact) mass is 336 g/mol. The number of nitrogens with one attached hydrogen (secondary N) is 2. The van der Waals surface area contributed by atoms with Gasteiger partial charge in [0.15, 0.2) is 0 Å². The lowest BCUT2D eigenvalue weighted by atomic mass is 10.1. The van der Waals surface area contributed by atoms with Gasteiger partial charge in [-0.3, -0.25) is 4.79 Å². The maximum Gasteiger partial charge on any atom is 0.226 e. The predicted octanol–water partition coefficient (Wildman–Crippen LogP) is 4.04. The number of nitrogens with zero attached hydrogens (tertiary/aromatic N) is 2. The van der Waals surface area contributed by atoms with Gasteiger partial charge in [0.2, 0.25) is 5.91 Å². The van der Waals surface area contributed by atoms with Gasteiger partial charge in [0.1, 0.15) is 0 Å². The molecule has 0 aliphatic carbocycles. The van der Waals surface area contributed by atoms with Gasteiger partial charge < -0.3 is 14.9 Å². The Bertz CT molecular complexity index is 906. The number of H-pyrrole nitrogens is 1. The van der Waals surface area contributed by atoms with E-state index in [1.165, 1.54) is 0 Å². The molecule has 6 heteroatoms. The maximum atomic E-state index is 12.5. The fourth-order valence-electron chi connectivity index (χ4n) is 2.82. The van der Waals surface area contributed by atoms with Crippen molar-refractivity contribution in [3.63, 3.8) is 0 Å². The number of fused-ring (bicyclic) bond motifs is 1. The molecule has 2 N–H and O–H groups in total. The zero-order valence-electron chi connectivity index (χ0n) is 12.8. The first kappa shape index (κ1) is 14.7. The third-order valence-electron chi connectivity index (χ3n) is 4.00. The van der Waals surface area contributed by atoms with Crippen LogP contribution in [0.15, 0.2) is 65.9 Å². The molecular formula is C18H16N4OS. The zero-order valence-corrected chi connectivity index (χ0v) is 13.7. The second-order valence-electron chi connectivity index (χ2n) is 5.59. The summed E-state index contributed by atoms with van der Waals surface area (Å²) in [6.07, 6.45) is 6.01. The number of anilines is 1. The Morgan fingerprint density at radius 3 is 2.96 bits per heavy atom. The van der Waals surface area contributed by atoms with E-state index >= 15 is 0 Å².